The summed E-state index contributed by atoms with van der Waals surface area (Å²) in [5.41, 5.74) is 1.19. The number of ether oxygens (including phenoxy) is 1. The molecular formula is C14H20BrNO2. The van der Waals surface area contributed by atoms with Crippen LogP contribution in [0.1, 0.15) is 37.8 Å². The number of hydrogen-bond donors (Lipinski definition) is 2. The predicted octanol–water partition coefficient (Wildman–Crippen LogP) is 3.02. The predicted molar refractivity (Wildman–Crippen MR) is 75.9 cm³/mol. The average molecular weight is 314 g/mol. The first kappa shape index (κ1) is 13.8. The van der Waals surface area contributed by atoms with E-state index in [4.69, 9.17) is 4.74 Å². The first-order valence-electron chi connectivity index (χ1n) is 6.54. The SMILES string of the molecule is CCC(O)CNC1CCCOc2cc(Br)ccc21. The molecule has 0 fully saturated rings. The van der Waals surface area contributed by atoms with Gasteiger partial charge in [0.2, 0.25) is 0 Å². The third kappa shape index (κ3) is 3.46. The summed E-state index contributed by atoms with van der Waals surface area (Å²) in [6.45, 7) is 3.39. The molecule has 0 amide bonds. The summed E-state index contributed by atoms with van der Waals surface area (Å²) in [5.74, 6) is 0.949. The van der Waals surface area contributed by atoms with Crippen LogP contribution in [0.4, 0.5) is 0 Å². The fourth-order valence-electron chi connectivity index (χ4n) is 2.18. The number of halogens is 1. The van der Waals surface area contributed by atoms with Crippen molar-refractivity contribution < 1.29 is 9.84 Å². The van der Waals surface area contributed by atoms with Crippen LogP contribution < -0.4 is 10.1 Å². The maximum atomic E-state index is 9.65. The van der Waals surface area contributed by atoms with Gasteiger partial charge < -0.3 is 15.2 Å². The second kappa shape index (κ2) is 6.55. The summed E-state index contributed by atoms with van der Waals surface area (Å²) in [7, 11) is 0. The van der Waals surface area contributed by atoms with Gasteiger partial charge in [0.05, 0.1) is 12.7 Å². The van der Waals surface area contributed by atoms with Crippen molar-refractivity contribution >= 4 is 15.9 Å². The highest BCUT2D eigenvalue weighted by atomic mass is 79.9. The molecule has 4 heteroatoms. The summed E-state index contributed by atoms with van der Waals surface area (Å²) >= 11 is 3.47. The molecule has 1 aliphatic heterocycles. The number of benzene rings is 1. The zero-order valence-electron chi connectivity index (χ0n) is 10.7. The van der Waals surface area contributed by atoms with E-state index >= 15 is 0 Å². The molecule has 18 heavy (non-hydrogen) atoms. The molecule has 3 nitrogen and oxygen atoms in total. The topological polar surface area (TPSA) is 41.5 Å². The molecule has 0 radical (unpaired) electrons. The van der Waals surface area contributed by atoms with Gasteiger partial charge in [-0.2, -0.15) is 0 Å². The minimum absolute atomic E-state index is 0.270. The Morgan fingerprint density at radius 1 is 1.56 bits per heavy atom. The molecule has 0 bridgehead atoms. The van der Waals surface area contributed by atoms with Crippen molar-refractivity contribution in [3.8, 4) is 5.75 Å². The lowest BCUT2D eigenvalue weighted by molar-refractivity contribution is 0.162. The third-order valence-corrected chi connectivity index (χ3v) is 3.81. The largest absolute Gasteiger partial charge is 0.493 e. The number of aliphatic hydroxyl groups excluding tert-OH is 1. The van der Waals surface area contributed by atoms with E-state index in [0.29, 0.717) is 6.54 Å². The number of aliphatic hydroxyl groups is 1. The number of fused-ring (bicyclic) bond motifs is 1. The van der Waals surface area contributed by atoms with Gasteiger partial charge in [-0.15, -0.1) is 0 Å². The van der Waals surface area contributed by atoms with Crippen LogP contribution in [0.5, 0.6) is 5.75 Å². The summed E-state index contributed by atoms with van der Waals surface area (Å²) in [6.07, 6.45) is 2.59. The Labute approximate surface area is 117 Å². The molecule has 2 rings (SSSR count). The Morgan fingerprint density at radius 3 is 3.17 bits per heavy atom. The average Bonchev–Trinajstić information content (AvgIpc) is 2.57. The summed E-state index contributed by atoms with van der Waals surface area (Å²) < 4.78 is 6.80. The van der Waals surface area contributed by atoms with Gasteiger partial charge in [0, 0.05) is 22.6 Å². The van der Waals surface area contributed by atoms with Crippen LogP contribution >= 0.6 is 15.9 Å². The quantitative estimate of drug-likeness (QED) is 0.897. The van der Waals surface area contributed by atoms with Gasteiger partial charge in [-0.25, -0.2) is 0 Å². The summed E-state index contributed by atoms with van der Waals surface area (Å²) in [4.78, 5) is 0. The highest BCUT2D eigenvalue weighted by Crippen LogP contribution is 2.33. The molecule has 0 saturated carbocycles. The summed E-state index contributed by atoms with van der Waals surface area (Å²) in [6, 6.07) is 6.43. The van der Waals surface area contributed by atoms with Gasteiger partial charge in [0.1, 0.15) is 5.75 Å². The molecule has 2 unspecified atom stereocenters. The van der Waals surface area contributed by atoms with Crippen molar-refractivity contribution in [3.05, 3.63) is 28.2 Å². The van der Waals surface area contributed by atoms with Gasteiger partial charge >= 0.3 is 0 Å². The first-order chi connectivity index (χ1) is 8.70. The van der Waals surface area contributed by atoms with E-state index < -0.39 is 0 Å². The van der Waals surface area contributed by atoms with E-state index in [1.165, 1.54) is 5.56 Å². The van der Waals surface area contributed by atoms with E-state index in [0.717, 1.165) is 36.1 Å². The zero-order valence-corrected chi connectivity index (χ0v) is 12.2. The number of nitrogens with one attached hydrogen (secondary N) is 1. The van der Waals surface area contributed by atoms with Crippen molar-refractivity contribution in [3.63, 3.8) is 0 Å². The second-order valence-corrected chi connectivity index (χ2v) is 5.61. The monoisotopic (exact) mass is 313 g/mol. The lowest BCUT2D eigenvalue weighted by atomic mass is 10.0. The lowest BCUT2D eigenvalue weighted by Gasteiger charge is -2.20. The normalized spacial score (nSPS) is 20.7. The standard InChI is InChI=1S/C14H20BrNO2/c1-2-11(17)9-16-13-4-3-7-18-14-8-10(15)5-6-12(13)14/h5-6,8,11,13,16-17H,2-4,7,9H2,1H3. The Morgan fingerprint density at radius 2 is 2.39 bits per heavy atom. The Bertz CT molecular complexity index is 397. The van der Waals surface area contributed by atoms with E-state index in [1.54, 1.807) is 0 Å². The minimum Gasteiger partial charge on any atom is -0.493 e. The zero-order chi connectivity index (χ0) is 13.0. The van der Waals surface area contributed by atoms with Gasteiger partial charge in [-0.05, 0) is 31.4 Å². The van der Waals surface area contributed by atoms with Gasteiger partial charge in [-0.1, -0.05) is 28.9 Å². The molecule has 2 N–H and O–H groups in total. The van der Waals surface area contributed by atoms with Crippen LogP contribution in [-0.4, -0.2) is 24.4 Å². The molecule has 0 aromatic heterocycles. The van der Waals surface area contributed by atoms with Crippen molar-refractivity contribution in [1.82, 2.24) is 5.32 Å². The molecule has 0 spiro atoms. The molecule has 1 aliphatic rings. The van der Waals surface area contributed by atoms with Crippen LogP contribution in [0, 0.1) is 0 Å². The van der Waals surface area contributed by atoms with Gasteiger partial charge in [-0.3, -0.25) is 0 Å². The summed E-state index contributed by atoms with van der Waals surface area (Å²) in [5, 5.41) is 13.1. The van der Waals surface area contributed by atoms with Crippen LogP contribution in [0.2, 0.25) is 0 Å². The maximum absolute atomic E-state index is 9.65. The number of hydrogen-bond acceptors (Lipinski definition) is 3. The van der Waals surface area contributed by atoms with Crippen LogP contribution in [0.25, 0.3) is 0 Å². The minimum atomic E-state index is -0.270. The van der Waals surface area contributed by atoms with Crippen molar-refractivity contribution in [2.45, 2.75) is 38.3 Å². The molecule has 0 saturated heterocycles. The Balaban J connectivity index is 2.11. The van der Waals surface area contributed by atoms with E-state index in [-0.39, 0.29) is 12.1 Å². The smallest absolute Gasteiger partial charge is 0.125 e. The molecule has 1 aromatic carbocycles. The Hall–Kier alpha value is -0.580. The molecule has 1 aromatic rings. The fourth-order valence-corrected chi connectivity index (χ4v) is 2.52. The van der Waals surface area contributed by atoms with Crippen molar-refractivity contribution in [2.75, 3.05) is 13.2 Å². The van der Waals surface area contributed by atoms with E-state index in [9.17, 15) is 5.11 Å². The maximum Gasteiger partial charge on any atom is 0.125 e. The van der Waals surface area contributed by atoms with Crippen LogP contribution in [0.3, 0.4) is 0 Å². The van der Waals surface area contributed by atoms with Crippen LogP contribution in [0.15, 0.2) is 22.7 Å². The Kier molecular flexibility index (Phi) is 5.03. The van der Waals surface area contributed by atoms with E-state index in [2.05, 4.69) is 27.3 Å². The lowest BCUT2D eigenvalue weighted by Crippen LogP contribution is -2.29. The fraction of sp³-hybridized carbons (Fsp3) is 0.571. The molecule has 1 heterocycles. The number of rotatable bonds is 4. The third-order valence-electron chi connectivity index (χ3n) is 3.32. The molecule has 0 aliphatic carbocycles. The van der Waals surface area contributed by atoms with E-state index in [1.807, 2.05) is 19.1 Å². The van der Waals surface area contributed by atoms with Crippen molar-refractivity contribution in [2.24, 2.45) is 0 Å². The first-order valence-corrected chi connectivity index (χ1v) is 7.33. The molecule has 100 valence electrons. The highest BCUT2D eigenvalue weighted by molar-refractivity contribution is 9.10. The molecular weight excluding hydrogens is 294 g/mol. The van der Waals surface area contributed by atoms with Crippen LogP contribution in [-0.2, 0) is 0 Å². The second-order valence-electron chi connectivity index (χ2n) is 4.70. The highest BCUT2D eigenvalue weighted by Gasteiger charge is 2.20. The van der Waals surface area contributed by atoms with Gasteiger partial charge in [0.15, 0.2) is 0 Å². The van der Waals surface area contributed by atoms with Gasteiger partial charge in [0.25, 0.3) is 0 Å². The van der Waals surface area contributed by atoms with Crippen molar-refractivity contribution in [1.29, 1.82) is 0 Å². The molecule has 2 atom stereocenters.